The molecule has 1 N–H and O–H groups in total. The molecule has 144 valence electrons. The number of aryl methyl sites for hydroxylation is 1. The van der Waals surface area contributed by atoms with Gasteiger partial charge in [0.05, 0.1) is 7.11 Å². The summed E-state index contributed by atoms with van der Waals surface area (Å²) in [7, 11) is 1.71. The van der Waals surface area contributed by atoms with E-state index in [2.05, 4.69) is 30.9 Å². The van der Waals surface area contributed by atoms with Crippen LogP contribution in [-0.4, -0.2) is 42.2 Å². The maximum atomic E-state index is 11.1. The number of piperidine rings is 1. The van der Waals surface area contributed by atoms with Gasteiger partial charge in [-0.05, 0) is 93.5 Å². The Morgan fingerprint density at radius 3 is 2.77 bits per heavy atom. The number of likely N-dealkylation sites (tertiary alicyclic amines) is 1. The van der Waals surface area contributed by atoms with Crippen molar-refractivity contribution in [2.24, 2.45) is 5.92 Å². The van der Waals surface area contributed by atoms with Crippen LogP contribution in [0.4, 0.5) is 0 Å². The Morgan fingerprint density at radius 1 is 1.38 bits per heavy atom. The highest BCUT2D eigenvalue weighted by Crippen LogP contribution is 2.45. The molecule has 26 heavy (non-hydrogen) atoms. The highest BCUT2D eigenvalue weighted by molar-refractivity contribution is 5.66. The van der Waals surface area contributed by atoms with Crippen LogP contribution < -0.4 is 4.74 Å². The van der Waals surface area contributed by atoms with E-state index in [9.17, 15) is 4.79 Å². The van der Waals surface area contributed by atoms with Crippen molar-refractivity contribution in [1.29, 1.82) is 0 Å². The molecule has 4 heteroatoms. The Hall–Kier alpha value is -1.55. The molecule has 0 amide bonds. The van der Waals surface area contributed by atoms with Crippen molar-refractivity contribution >= 4 is 5.97 Å². The van der Waals surface area contributed by atoms with Crippen molar-refractivity contribution in [2.45, 2.75) is 70.3 Å². The fourth-order valence-electron chi connectivity index (χ4n) is 4.76. The summed E-state index contributed by atoms with van der Waals surface area (Å²) in [5, 5.41) is 9.11. The van der Waals surface area contributed by atoms with Gasteiger partial charge in [0.2, 0.25) is 0 Å². The van der Waals surface area contributed by atoms with E-state index in [1.165, 1.54) is 30.5 Å². The minimum atomic E-state index is -0.693. The number of methoxy groups -OCH3 is 1. The Balaban J connectivity index is 1.84. The minimum Gasteiger partial charge on any atom is -0.497 e. The first-order chi connectivity index (χ1) is 12.4. The van der Waals surface area contributed by atoms with Gasteiger partial charge < -0.3 is 14.7 Å². The molecule has 3 rings (SSSR count). The summed E-state index contributed by atoms with van der Waals surface area (Å²) in [5.41, 5.74) is 2.72. The van der Waals surface area contributed by atoms with Crippen LogP contribution in [0.5, 0.6) is 5.75 Å². The quantitative estimate of drug-likeness (QED) is 0.748. The number of hydrogen-bond acceptors (Lipinski definition) is 3. The van der Waals surface area contributed by atoms with Crippen LogP contribution >= 0.6 is 0 Å². The van der Waals surface area contributed by atoms with Crippen molar-refractivity contribution in [3.8, 4) is 5.75 Å². The van der Waals surface area contributed by atoms with E-state index in [1.54, 1.807) is 7.11 Å². The Kier molecular flexibility index (Phi) is 5.91. The second-order valence-electron chi connectivity index (χ2n) is 8.45. The van der Waals surface area contributed by atoms with Crippen LogP contribution in [0.3, 0.4) is 0 Å². The molecule has 0 bridgehead atoms. The molecule has 1 heterocycles. The molecule has 1 aliphatic heterocycles. The van der Waals surface area contributed by atoms with Crippen molar-refractivity contribution in [1.82, 2.24) is 4.90 Å². The molecule has 0 spiro atoms. The zero-order chi connectivity index (χ0) is 18.7. The van der Waals surface area contributed by atoms with Gasteiger partial charge in [-0.15, -0.1) is 0 Å². The predicted molar refractivity (Wildman–Crippen MR) is 104 cm³/mol. The molecule has 2 aliphatic rings. The molecule has 1 saturated carbocycles. The summed E-state index contributed by atoms with van der Waals surface area (Å²) >= 11 is 0. The zero-order valence-corrected chi connectivity index (χ0v) is 16.5. The van der Waals surface area contributed by atoms with Crippen LogP contribution in [0.25, 0.3) is 0 Å². The van der Waals surface area contributed by atoms with Crippen molar-refractivity contribution in [3.63, 3.8) is 0 Å². The molecule has 1 aromatic carbocycles. The van der Waals surface area contributed by atoms with Crippen LogP contribution in [0.15, 0.2) is 18.2 Å². The average molecular weight is 360 g/mol. The summed E-state index contributed by atoms with van der Waals surface area (Å²) in [6.45, 7) is 6.88. The molecule has 0 radical (unpaired) electrons. The van der Waals surface area contributed by atoms with Gasteiger partial charge in [-0.3, -0.25) is 4.79 Å². The monoisotopic (exact) mass is 359 g/mol. The number of carboxylic acids is 1. The highest BCUT2D eigenvalue weighted by Gasteiger charge is 2.41. The van der Waals surface area contributed by atoms with Gasteiger partial charge in [-0.2, -0.15) is 0 Å². The van der Waals surface area contributed by atoms with Crippen LogP contribution in [0, 0.1) is 12.8 Å². The molecule has 2 fully saturated rings. The largest absolute Gasteiger partial charge is 0.497 e. The Labute approximate surface area is 157 Å². The van der Waals surface area contributed by atoms with Crippen molar-refractivity contribution in [2.75, 3.05) is 20.2 Å². The second-order valence-corrected chi connectivity index (χ2v) is 8.45. The average Bonchev–Trinajstić information content (AvgIpc) is 3.41. The minimum absolute atomic E-state index is 0.0630. The lowest BCUT2D eigenvalue weighted by Crippen LogP contribution is -2.48. The lowest BCUT2D eigenvalue weighted by molar-refractivity contribution is -0.137. The summed E-state index contributed by atoms with van der Waals surface area (Å²) in [5.74, 6) is 1.12. The number of hydrogen-bond donors (Lipinski definition) is 1. The number of ether oxygens (including phenoxy) is 1. The maximum Gasteiger partial charge on any atom is 0.303 e. The molecule has 4 nitrogen and oxygen atoms in total. The predicted octanol–water partition coefficient (Wildman–Crippen LogP) is 4.39. The summed E-state index contributed by atoms with van der Waals surface area (Å²) < 4.78 is 5.49. The summed E-state index contributed by atoms with van der Waals surface area (Å²) in [4.78, 5) is 13.7. The Bertz CT molecular complexity index is 640. The van der Waals surface area contributed by atoms with E-state index < -0.39 is 5.97 Å². The van der Waals surface area contributed by atoms with Crippen molar-refractivity contribution in [3.05, 3.63) is 29.3 Å². The first-order valence-electron chi connectivity index (χ1n) is 10.0. The normalized spacial score (nSPS) is 26.7. The van der Waals surface area contributed by atoms with Crippen LogP contribution in [0.1, 0.15) is 63.0 Å². The molecular formula is C22H33NO3. The molecule has 1 aromatic rings. The number of aliphatic carboxylic acids is 1. The second kappa shape index (κ2) is 7.99. The standard InChI is InChI=1S/C22H33NO3/c1-16-6-9-19(26-3)13-20(16)22(10-4-5-21(24)25)11-12-23(17(2)14-22)15-18-7-8-18/h6,9,13,17-18H,4-5,7-8,10-12,14-15H2,1-3H3,(H,24,25)/t17?,22-/m1/s1. The van der Waals surface area contributed by atoms with Gasteiger partial charge in [0.25, 0.3) is 0 Å². The third-order valence-corrected chi connectivity index (χ3v) is 6.44. The summed E-state index contributed by atoms with van der Waals surface area (Å²) in [6.07, 6.45) is 6.93. The molecule has 1 unspecified atom stereocenters. The van der Waals surface area contributed by atoms with Crippen molar-refractivity contribution < 1.29 is 14.6 Å². The SMILES string of the molecule is COc1ccc(C)c([C@]2(CCCC(=O)O)CCN(CC3CC3)C(C)C2)c1. The van der Waals surface area contributed by atoms with Gasteiger partial charge in [-0.25, -0.2) is 0 Å². The van der Waals surface area contributed by atoms with E-state index in [0.29, 0.717) is 6.04 Å². The lowest BCUT2D eigenvalue weighted by atomic mass is 9.66. The van der Waals surface area contributed by atoms with Crippen LogP contribution in [-0.2, 0) is 10.2 Å². The number of nitrogens with zero attached hydrogens (tertiary/aromatic N) is 1. The topological polar surface area (TPSA) is 49.8 Å². The third-order valence-electron chi connectivity index (χ3n) is 6.44. The van der Waals surface area contributed by atoms with E-state index in [0.717, 1.165) is 43.9 Å². The van der Waals surface area contributed by atoms with E-state index >= 15 is 0 Å². The molecular weight excluding hydrogens is 326 g/mol. The molecule has 1 saturated heterocycles. The molecule has 2 atom stereocenters. The van der Waals surface area contributed by atoms with Gasteiger partial charge in [0, 0.05) is 19.0 Å². The van der Waals surface area contributed by atoms with E-state index in [-0.39, 0.29) is 11.8 Å². The highest BCUT2D eigenvalue weighted by atomic mass is 16.5. The number of rotatable bonds is 8. The zero-order valence-electron chi connectivity index (χ0n) is 16.5. The lowest BCUT2D eigenvalue weighted by Gasteiger charge is -2.47. The maximum absolute atomic E-state index is 11.1. The van der Waals surface area contributed by atoms with Gasteiger partial charge >= 0.3 is 5.97 Å². The van der Waals surface area contributed by atoms with E-state index in [1.807, 2.05) is 6.07 Å². The first kappa shape index (κ1) is 19.2. The third kappa shape index (κ3) is 4.40. The Morgan fingerprint density at radius 2 is 2.15 bits per heavy atom. The van der Waals surface area contributed by atoms with Gasteiger partial charge in [0.1, 0.15) is 5.75 Å². The fraction of sp³-hybridized carbons (Fsp3) is 0.682. The number of benzene rings is 1. The first-order valence-corrected chi connectivity index (χ1v) is 10.0. The smallest absolute Gasteiger partial charge is 0.303 e. The molecule has 1 aliphatic carbocycles. The summed E-state index contributed by atoms with van der Waals surface area (Å²) in [6, 6.07) is 6.91. The molecule has 0 aromatic heterocycles. The van der Waals surface area contributed by atoms with Crippen LogP contribution in [0.2, 0.25) is 0 Å². The van der Waals surface area contributed by atoms with Gasteiger partial charge in [-0.1, -0.05) is 6.07 Å². The fourth-order valence-corrected chi connectivity index (χ4v) is 4.76. The van der Waals surface area contributed by atoms with Gasteiger partial charge in [0.15, 0.2) is 0 Å². The van der Waals surface area contributed by atoms with E-state index in [4.69, 9.17) is 9.84 Å². The number of carboxylic acid groups (broad SMARTS) is 1. The number of carbonyl (C=O) groups is 1.